The molecule has 1 aromatic heterocycles. The summed E-state index contributed by atoms with van der Waals surface area (Å²) in [7, 11) is 0. The number of H-pyrrole nitrogens is 1. The van der Waals surface area contributed by atoms with Gasteiger partial charge in [-0.2, -0.15) is 8.78 Å². The molecule has 6 heteroatoms. The summed E-state index contributed by atoms with van der Waals surface area (Å²) in [6, 6.07) is 6.28. The van der Waals surface area contributed by atoms with Gasteiger partial charge in [0.1, 0.15) is 11.6 Å². The Morgan fingerprint density at radius 3 is 2.89 bits per heavy atom. The second-order valence-corrected chi connectivity index (χ2v) is 4.10. The predicted octanol–water partition coefficient (Wildman–Crippen LogP) is 3.09. The minimum atomic E-state index is -2.83. The van der Waals surface area contributed by atoms with Crippen molar-refractivity contribution < 1.29 is 13.5 Å². The number of nitrogens with one attached hydrogen (secondary N) is 1. The topological polar surface area (TPSA) is 63.9 Å². The number of alkyl halides is 2. The molecule has 1 unspecified atom stereocenters. The van der Waals surface area contributed by atoms with Crippen LogP contribution in [0.25, 0.3) is 11.3 Å². The molecule has 3 N–H and O–H groups in total. The molecule has 0 aliphatic rings. The molecule has 0 fully saturated rings. The van der Waals surface area contributed by atoms with Crippen molar-refractivity contribution in [2.45, 2.75) is 26.0 Å². The summed E-state index contributed by atoms with van der Waals surface area (Å²) in [4.78, 5) is 7.27. The SMILES string of the molecule is CCC(N)c1ncc(-c2cccc(OC(F)F)c2)[nH]1. The third-order valence-electron chi connectivity index (χ3n) is 2.76. The highest BCUT2D eigenvalue weighted by Gasteiger charge is 2.10. The van der Waals surface area contributed by atoms with Crippen LogP contribution >= 0.6 is 0 Å². The average Bonchev–Trinajstić information content (AvgIpc) is 2.87. The standard InChI is InChI=1S/C13H15F2N3O/c1-2-10(16)12-17-7-11(18-12)8-4-3-5-9(6-8)19-13(14)15/h3-7,10,13H,2,16H2,1H3,(H,17,18). The predicted molar refractivity (Wildman–Crippen MR) is 67.9 cm³/mol. The van der Waals surface area contributed by atoms with E-state index in [9.17, 15) is 8.78 Å². The lowest BCUT2D eigenvalue weighted by atomic mass is 10.1. The Kier molecular flexibility index (Phi) is 4.11. The smallest absolute Gasteiger partial charge is 0.387 e. The lowest BCUT2D eigenvalue weighted by Crippen LogP contribution is -2.10. The molecule has 1 atom stereocenters. The summed E-state index contributed by atoms with van der Waals surface area (Å²) in [5, 5.41) is 0. The summed E-state index contributed by atoms with van der Waals surface area (Å²) in [5.41, 5.74) is 7.31. The van der Waals surface area contributed by atoms with E-state index in [-0.39, 0.29) is 11.8 Å². The maximum absolute atomic E-state index is 12.2. The molecular weight excluding hydrogens is 252 g/mol. The van der Waals surface area contributed by atoms with Crippen LogP contribution in [0.15, 0.2) is 30.5 Å². The van der Waals surface area contributed by atoms with E-state index in [0.29, 0.717) is 5.82 Å². The van der Waals surface area contributed by atoms with Crippen molar-refractivity contribution in [1.82, 2.24) is 9.97 Å². The zero-order valence-electron chi connectivity index (χ0n) is 10.4. The summed E-state index contributed by atoms with van der Waals surface area (Å²) >= 11 is 0. The normalized spacial score (nSPS) is 12.7. The second-order valence-electron chi connectivity index (χ2n) is 4.10. The number of aromatic amines is 1. The fourth-order valence-electron chi connectivity index (χ4n) is 1.70. The average molecular weight is 267 g/mol. The molecule has 0 radical (unpaired) electrons. The number of nitrogens with two attached hydrogens (primary N) is 1. The lowest BCUT2D eigenvalue weighted by Gasteiger charge is -2.06. The van der Waals surface area contributed by atoms with E-state index in [2.05, 4.69) is 14.7 Å². The van der Waals surface area contributed by atoms with Gasteiger partial charge in [0.05, 0.1) is 17.9 Å². The van der Waals surface area contributed by atoms with E-state index >= 15 is 0 Å². The monoisotopic (exact) mass is 267 g/mol. The number of imidazole rings is 1. The van der Waals surface area contributed by atoms with Crippen molar-refractivity contribution in [3.05, 3.63) is 36.3 Å². The number of halogens is 2. The molecule has 0 amide bonds. The van der Waals surface area contributed by atoms with Gasteiger partial charge >= 0.3 is 6.61 Å². The molecule has 102 valence electrons. The molecule has 0 aliphatic heterocycles. The molecule has 1 aromatic carbocycles. The first-order valence-electron chi connectivity index (χ1n) is 5.96. The van der Waals surface area contributed by atoms with E-state index in [1.165, 1.54) is 12.1 Å². The number of nitrogens with zero attached hydrogens (tertiary/aromatic N) is 1. The van der Waals surface area contributed by atoms with Crippen LogP contribution in [0.4, 0.5) is 8.78 Å². The Morgan fingerprint density at radius 1 is 1.42 bits per heavy atom. The number of benzene rings is 1. The van der Waals surface area contributed by atoms with Gasteiger partial charge in [-0.25, -0.2) is 4.98 Å². The van der Waals surface area contributed by atoms with Crippen molar-refractivity contribution in [3.8, 4) is 17.0 Å². The molecule has 0 spiro atoms. The van der Waals surface area contributed by atoms with Gasteiger partial charge in [0.25, 0.3) is 0 Å². The molecule has 0 aliphatic carbocycles. The van der Waals surface area contributed by atoms with Crippen LogP contribution in [0.1, 0.15) is 25.2 Å². The first-order chi connectivity index (χ1) is 9.10. The number of aromatic nitrogens is 2. The Bertz CT molecular complexity index is 542. The highest BCUT2D eigenvalue weighted by Crippen LogP contribution is 2.24. The number of hydrogen-bond donors (Lipinski definition) is 2. The molecule has 2 rings (SSSR count). The lowest BCUT2D eigenvalue weighted by molar-refractivity contribution is -0.0498. The molecule has 0 bridgehead atoms. The highest BCUT2D eigenvalue weighted by atomic mass is 19.3. The molecular formula is C13H15F2N3O. The van der Waals surface area contributed by atoms with E-state index < -0.39 is 6.61 Å². The van der Waals surface area contributed by atoms with Gasteiger partial charge in [-0.15, -0.1) is 0 Å². The van der Waals surface area contributed by atoms with Crippen LogP contribution < -0.4 is 10.5 Å². The first-order valence-corrected chi connectivity index (χ1v) is 5.96. The fraction of sp³-hybridized carbons (Fsp3) is 0.308. The van der Waals surface area contributed by atoms with Crippen molar-refractivity contribution in [3.63, 3.8) is 0 Å². The number of ether oxygens (including phenoxy) is 1. The maximum Gasteiger partial charge on any atom is 0.387 e. The largest absolute Gasteiger partial charge is 0.435 e. The molecule has 19 heavy (non-hydrogen) atoms. The van der Waals surface area contributed by atoms with Crippen molar-refractivity contribution >= 4 is 0 Å². The van der Waals surface area contributed by atoms with Crippen molar-refractivity contribution in [2.75, 3.05) is 0 Å². The Labute approximate surface area is 109 Å². The van der Waals surface area contributed by atoms with Crippen molar-refractivity contribution in [2.24, 2.45) is 5.73 Å². The van der Waals surface area contributed by atoms with Gasteiger partial charge in [-0.3, -0.25) is 0 Å². The quantitative estimate of drug-likeness (QED) is 0.875. The first kappa shape index (κ1) is 13.5. The van der Waals surface area contributed by atoms with E-state index in [1.54, 1.807) is 18.3 Å². The van der Waals surface area contributed by atoms with Crippen LogP contribution in [0.5, 0.6) is 5.75 Å². The van der Waals surface area contributed by atoms with Gasteiger partial charge in [0.2, 0.25) is 0 Å². The van der Waals surface area contributed by atoms with Crippen LogP contribution in [0.2, 0.25) is 0 Å². The highest BCUT2D eigenvalue weighted by molar-refractivity contribution is 5.60. The third kappa shape index (κ3) is 3.29. The summed E-state index contributed by atoms with van der Waals surface area (Å²) in [6.45, 7) is -0.870. The van der Waals surface area contributed by atoms with Gasteiger partial charge in [-0.1, -0.05) is 19.1 Å². The van der Waals surface area contributed by atoms with E-state index in [4.69, 9.17) is 5.73 Å². The van der Waals surface area contributed by atoms with Crippen LogP contribution in [0.3, 0.4) is 0 Å². The molecule has 1 heterocycles. The van der Waals surface area contributed by atoms with Gasteiger partial charge < -0.3 is 15.5 Å². The Hall–Kier alpha value is -1.95. The summed E-state index contributed by atoms with van der Waals surface area (Å²) in [5.74, 6) is 0.793. The zero-order valence-corrected chi connectivity index (χ0v) is 10.4. The van der Waals surface area contributed by atoms with Crippen LogP contribution in [0, 0.1) is 0 Å². The number of rotatable bonds is 5. The minimum absolute atomic E-state index is 0.114. The molecule has 2 aromatic rings. The molecule has 4 nitrogen and oxygen atoms in total. The van der Waals surface area contributed by atoms with Crippen molar-refractivity contribution in [1.29, 1.82) is 0 Å². The van der Waals surface area contributed by atoms with E-state index in [1.807, 2.05) is 6.92 Å². The third-order valence-corrected chi connectivity index (χ3v) is 2.76. The minimum Gasteiger partial charge on any atom is -0.435 e. The second kappa shape index (κ2) is 5.79. The van der Waals surface area contributed by atoms with E-state index in [0.717, 1.165) is 17.7 Å². The zero-order chi connectivity index (χ0) is 13.8. The summed E-state index contributed by atoms with van der Waals surface area (Å²) < 4.78 is 28.7. The molecule has 0 saturated heterocycles. The Balaban J connectivity index is 2.24. The van der Waals surface area contributed by atoms with Crippen LogP contribution in [-0.4, -0.2) is 16.6 Å². The van der Waals surface area contributed by atoms with Gasteiger partial charge in [-0.05, 0) is 18.6 Å². The number of hydrogen-bond acceptors (Lipinski definition) is 3. The molecule has 0 saturated carbocycles. The fourth-order valence-corrected chi connectivity index (χ4v) is 1.70. The van der Waals surface area contributed by atoms with Gasteiger partial charge in [0, 0.05) is 5.56 Å². The summed E-state index contributed by atoms with van der Waals surface area (Å²) in [6.07, 6.45) is 2.40. The van der Waals surface area contributed by atoms with Crippen LogP contribution in [-0.2, 0) is 0 Å². The Morgan fingerprint density at radius 2 is 2.21 bits per heavy atom. The maximum atomic E-state index is 12.2. The van der Waals surface area contributed by atoms with Gasteiger partial charge in [0.15, 0.2) is 0 Å².